The van der Waals surface area contributed by atoms with E-state index in [0.717, 1.165) is 43.4 Å². The molecule has 1 aliphatic heterocycles. The lowest BCUT2D eigenvalue weighted by Gasteiger charge is -2.51. The second kappa shape index (κ2) is 10.5. The lowest BCUT2D eigenvalue weighted by molar-refractivity contribution is -0.121. The van der Waals surface area contributed by atoms with Crippen molar-refractivity contribution in [3.05, 3.63) is 71.3 Å². The summed E-state index contributed by atoms with van der Waals surface area (Å²) in [6.45, 7) is 4.16. The molecule has 2 aromatic carbocycles. The summed E-state index contributed by atoms with van der Waals surface area (Å²) in [4.78, 5) is 33.1. The Morgan fingerprint density at radius 2 is 1.68 bits per heavy atom. The molecule has 2 saturated carbocycles. The molecule has 5 rings (SSSR count). The highest BCUT2D eigenvalue weighted by Gasteiger charge is 2.55. The number of carbonyl (C=O) groups is 2. The molecule has 3 amide bonds. The van der Waals surface area contributed by atoms with Crippen molar-refractivity contribution >= 4 is 11.9 Å². The smallest absolute Gasteiger partial charge is 0.321 e. The molecule has 1 spiro atoms. The normalized spacial score (nSPS) is 26.1. The van der Waals surface area contributed by atoms with Gasteiger partial charge in [0.05, 0.1) is 5.54 Å². The van der Waals surface area contributed by atoms with Gasteiger partial charge in [-0.25, -0.2) is 4.79 Å². The summed E-state index contributed by atoms with van der Waals surface area (Å²) in [5.74, 6) is 0.519. The summed E-state index contributed by atoms with van der Waals surface area (Å²) >= 11 is 0. The first-order chi connectivity index (χ1) is 17.8. The molecule has 0 radical (unpaired) electrons. The third-order valence-electron chi connectivity index (χ3n) is 9.47. The summed E-state index contributed by atoms with van der Waals surface area (Å²) in [5.41, 5.74) is 3.43. The van der Waals surface area contributed by atoms with Gasteiger partial charge in [0.25, 0.3) is 0 Å². The molecule has 0 bridgehead atoms. The molecule has 0 aromatic heterocycles. The lowest BCUT2D eigenvalue weighted by atomic mass is 9.68. The monoisotopic (exact) mass is 502 g/mol. The van der Waals surface area contributed by atoms with Gasteiger partial charge in [0.15, 0.2) is 0 Å². The van der Waals surface area contributed by atoms with Crippen LogP contribution in [0.25, 0.3) is 0 Å². The van der Waals surface area contributed by atoms with E-state index in [1.165, 1.54) is 24.8 Å². The van der Waals surface area contributed by atoms with Crippen molar-refractivity contribution in [2.24, 2.45) is 5.92 Å². The first kappa shape index (κ1) is 25.8. The fourth-order valence-corrected chi connectivity index (χ4v) is 6.74. The molecule has 6 heteroatoms. The molecular formula is C31H42N4O2. The summed E-state index contributed by atoms with van der Waals surface area (Å²) in [5, 5.41) is 3.05. The van der Waals surface area contributed by atoms with E-state index < -0.39 is 0 Å². The van der Waals surface area contributed by atoms with Crippen molar-refractivity contribution in [3.8, 4) is 0 Å². The zero-order valence-electron chi connectivity index (χ0n) is 22.7. The van der Waals surface area contributed by atoms with Gasteiger partial charge in [-0.05, 0) is 82.2 Å². The molecule has 1 heterocycles. The minimum atomic E-state index is -0.183. The quantitative estimate of drug-likeness (QED) is 0.558. The summed E-state index contributed by atoms with van der Waals surface area (Å²) in [7, 11) is 4.37. The highest BCUT2D eigenvalue weighted by atomic mass is 16.2. The zero-order valence-corrected chi connectivity index (χ0v) is 22.7. The van der Waals surface area contributed by atoms with Crippen LogP contribution in [0.4, 0.5) is 4.79 Å². The van der Waals surface area contributed by atoms with Crippen molar-refractivity contribution in [2.75, 3.05) is 33.7 Å². The topological polar surface area (TPSA) is 55.9 Å². The number of amides is 3. The van der Waals surface area contributed by atoms with Gasteiger partial charge in [-0.15, -0.1) is 0 Å². The van der Waals surface area contributed by atoms with Crippen LogP contribution in [0.1, 0.15) is 61.6 Å². The number of benzene rings is 2. The maximum atomic E-state index is 13.7. The standard InChI is InChI=1S/C31H42N4O2/c1-24-10-7-8-13-26(24)20-32-28(36)22-34-23-30(35(29(34)37)21-25-11-9-12-25)16-18-31(19-17-30,33(2)3)27-14-5-4-6-15-27/h4-8,10,13-15,25H,9,11-12,16-23H2,1-3H3,(H,32,36)/t30-,31+. The van der Waals surface area contributed by atoms with E-state index in [9.17, 15) is 9.59 Å². The third-order valence-corrected chi connectivity index (χ3v) is 9.47. The number of urea groups is 1. The van der Waals surface area contributed by atoms with Crippen LogP contribution in [0, 0.1) is 12.8 Å². The van der Waals surface area contributed by atoms with Crippen molar-refractivity contribution in [2.45, 2.75) is 69.5 Å². The van der Waals surface area contributed by atoms with Gasteiger partial charge in [0.1, 0.15) is 6.54 Å². The Hall–Kier alpha value is -2.86. The highest BCUT2D eigenvalue weighted by molar-refractivity contribution is 5.86. The molecule has 1 saturated heterocycles. The van der Waals surface area contributed by atoms with Gasteiger partial charge in [0.2, 0.25) is 5.91 Å². The molecule has 3 fully saturated rings. The van der Waals surface area contributed by atoms with Gasteiger partial charge >= 0.3 is 6.03 Å². The average molecular weight is 503 g/mol. The molecule has 1 N–H and O–H groups in total. The third kappa shape index (κ3) is 5.00. The minimum Gasteiger partial charge on any atom is -0.350 e. The van der Waals surface area contributed by atoms with Gasteiger partial charge in [-0.2, -0.15) is 0 Å². The van der Waals surface area contributed by atoms with Crippen molar-refractivity contribution in [1.82, 2.24) is 20.0 Å². The van der Waals surface area contributed by atoms with Crippen molar-refractivity contribution in [1.29, 1.82) is 0 Å². The van der Waals surface area contributed by atoms with Gasteiger partial charge in [-0.1, -0.05) is 61.0 Å². The predicted molar refractivity (Wildman–Crippen MR) is 147 cm³/mol. The van der Waals surface area contributed by atoms with Gasteiger partial charge < -0.3 is 15.1 Å². The van der Waals surface area contributed by atoms with E-state index in [1.54, 1.807) is 0 Å². The number of nitrogens with zero attached hydrogens (tertiary/aromatic N) is 3. The molecule has 0 atom stereocenters. The van der Waals surface area contributed by atoms with E-state index in [-0.39, 0.29) is 29.6 Å². The Morgan fingerprint density at radius 1 is 1.00 bits per heavy atom. The molecule has 2 aromatic rings. The molecule has 2 aliphatic carbocycles. The fraction of sp³-hybridized carbons (Fsp3) is 0.548. The van der Waals surface area contributed by atoms with E-state index >= 15 is 0 Å². The minimum absolute atomic E-state index is 0.0178. The van der Waals surface area contributed by atoms with Crippen molar-refractivity contribution in [3.63, 3.8) is 0 Å². The number of aryl methyl sites for hydroxylation is 1. The lowest BCUT2D eigenvalue weighted by Crippen LogP contribution is -2.56. The van der Waals surface area contributed by atoms with E-state index in [0.29, 0.717) is 19.0 Å². The predicted octanol–water partition coefficient (Wildman–Crippen LogP) is 4.92. The Kier molecular flexibility index (Phi) is 7.30. The first-order valence-corrected chi connectivity index (χ1v) is 13.9. The first-order valence-electron chi connectivity index (χ1n) is 13.9. The largest absolute Gasteiger partial charge is 0.350 e. The number of rotatable bonds is 8. The maximum absolute atomic E-state index is 13.7. The van der Waals surface area contributed by atoms with E-state index in [4.69, 9.17) is 0 Å². The van der Waals surface area contributed by atoms with Crippen LogP contribution in [-0.2, 0) is 16.9 Å². The zero-order chi connectivity index (χ0) is 26.0. The number of hydrogen-bond donors (Lipinski definition) is 1. The fourth-order valence-electron chi connectivity index (χ4n) is 6.74. The number of carbonyl (C=O) groups excluding carboxylic acids is 2. The van der Waals surface area contributed by atoms with Crippen LogP contribution >= 0.6 is 0 Å². The number of nitrogens with one attached hydrogen (secondary N) is 1. The average Bonchev–Trinajstić information content (AvgIpc) is 3.11. The second-order valence-electron chi connectivity index (χ2n) is 11.8. The maximum Gasteiger partial charge on any atom is 0.321 e. The highest BCUT2D eigenvalue weighted by Crippen LogP contribution is 2.49. The van der Waals surface area contributed by atoms with Gasteiger partial charge in [-0.3, -0.25) is 9.69 Å². The van der Waals surface area contributed by atoms with Crippen LogP contribution in [0.2, 0.25) is 0 Å². The summed E-state index contributed by atoms with van der Waals surface area (Å²) in [6.07, 6.45) is 7.62. The molecule has 198 valence electrons. The van der Waals surface area contributed by atoms with Crippen molar-refractivity contribution < 1.29 is 9.59 Å². The number of hydrogen-bond acceptors (Lipinski definition) is 3. The summed E-state index contributed by atoms with van der Waals surface area (Å²) in [6, 6.07) is 19.0. The molecule has 6 nitrogen and oxygen atoms in total. The SMILES string of the molecule is Cc1ccccc1CNC(=O)CN1C[C@]2(CC[C@](c3ccccc3)(N(C)C)CC2)N(CC2CCC2)C1=O. The Morgan fingerprint density at radius 3 is 2.30 bits per heavy atom. The Bertz CT molecular complexity index is 1100. The molecule has 37 heavy (non-hydrogen) atoms. The molecular weight excluding hydrogens is 460 g/mol. The van der Waals surface area contributed by atoms with Crippen LogP contribution in [0.3, 0.4) is 0 Å². The molecule has 3 aliphatic rings. The van der Waals surface area contributed by atoms with E-state index in [2.05, 4.69) is 72.5 Å². The Labute approximate surface area is 222 Å². The van der Waals surface area contributed by atoms with Crippen LogP contribution < -0.4 is 5.32 Å². The van der Waals surface area contributed by atoms with Gasteiger partial charge in [0, 0.05) is 25.2 Å². The van der Waals surface area contributed by atoms with Crippen LogP contribution in [0.15, 0.2) is 54.6 Å². The van der Waals surface area contributed by atoms with Crippen LogP contribution in [0.5, 0.6) is 0 Å². The summed E-state index contributed by atoms with van der Waals surface area (Å²) < 4.78 is 0. The van der Waals surface area contributed by atoms with Crippen LogP contribution in [-0.4, -0.2) is 65.9 Å². The molecule has 0 unspecified atom stereocenters. The Balaban J connectivity index is 1.30. The second-order valence-corrected chi connectivity index (χ2v) is 11.8. The van der Waals surface area contributed by atoms with E-state index in [1.807, 2.05) is 23.1 Å².